The molecule has 1 fully saturated rings. The maximum atomic E-state index is 12.6. The molecule has 0 saturated carbocycles. The highest BCUT2D eigenvalue weighted by molar-refractivity contribution is 7.80. The summed E-state index contributed by atoms with van der Waals surface area (Å²) in [6, 6.07) is -1.44. The molecule has 0 unspecified atom stereocenters. The molecule has 22 heavy (non-hydrogen) atoms. The molecule has 0 radical (unpaired) electrons. The molecule has 2 amide bonds. The summed E-state index contributed by atoms with van der Waals surface area (Å²) in [5.41, 5.74) is -0.621. The van der Waals surface area contributed by atoms with Crippen molar-refractivity contribution < 1.29 is 19.1 Å². The normalized spacial score (nSPS) is 20.2. The lowest BCUT2D eigenvalue weighted by Gasteiger charge is -2.37. The summed E-state index contributed by atoms with van der Waals surface area (Å²) < 4.78 is 5.37. The number of nitrogens with zero attached hydrogens (tertiary/aromatic N) is 1. The van der Waals surface area contributed by atoms with Gasteiger partial charge in [-0.25, -0.2) is 4.79 Å². The third kappa shape index (κ3) is 5.49. The Morgan fingerprint density at radius 2 is 2.05 bits per heavy atom. The lowest BCUT2D eigenvalue weighted by Crippen LogP contribution is -2.62. The quantitative estimate of drug-likeness (QED) is 0.480. The number of hydrogen-bond donors (Lipinski definition) is 3. The molecule has 0 aromatic carbocycles. The van der Waals surface area contributed by atoms with Gasteiger partial charge < -0.3 is 20.3 Å². The summed E-state index contributed by atoms with van der Waals surface area (Å²) >= 11 is 4.11. The molecule has 1 aliphatic rings. The zero-order valence-electron chi connectivity index (χ0n) is 13.5. The number of esters is 1. The first-order chi connectivity index (χ1) is 10.2. The molecular weight excluding hydrogens is 306 g/mol. The maximum Gasteiger partial charge on any atom is 0.330 e. The second-order valence-corrected chi connectivity index (χ2v) is 6.59. The number of piperazine rings is 1. The Morgan fingerprint density at radius 3 is 2.55 bits per heavy atom. The Bertz CT molecular complexity index is 436. The van der Waals surface area contributed by atoms with Gasteiger partial charge in [0.25, 0.3) is 0 Å². The number of carbonyl (C=O) groups excluding carboxylic acids is 3. The summed E-state index contributed by atoms with van der Waals surface area (Å²) in [5, 5.41) is 5.64. The van der Waals surface area contributed by atoms with Crippen molar-refractivity contribution in [2.75, 3.05) is 25.4 Å². The average Bonchev–Trinajstić information content (AvgIpc) is 2.42. The predicted octanol–water partition coefficient (Wildman–Crippen LogP) is -0.437. The van der Waals surface area contributed by atoms with E-state index in [-0.39, 0.29) is 17.6 Å². The number of amides is 2. The topological polar surface area (TPSA) is 87.7 Å². The molecule has 0 bridgehead atoms. The molecule has 2 atom stereocenters. The second kappa shape index (κ2) is 7.82. The predicted molar refractivity (Wildman–Crippen MR) is 85.7 cm³/mol. The maximum absolute atomic E-state index is 12.6. The second-order valence-electron chi connectivity index (χ2n) is 6.22. The van der Waals surface area contributed by atoms with Crippen molar-refractivity contribution >= 4 is 30.4 Å². The Morgan fingerprint density at radius 1 is 1.41 bits per heavy atom. The van der Waals surface area contributed by atoms with E-state index in [4.69, 9.17) is 4.74 Å². The first kappa shape index (κ1) is 18.8. The fraction of sp³-hybridized carbons (Fsp3) is 0.786. The van der Waals surface area contributed by atoms with Crippen LogP contribution in [0.4, 0.5) is 0 Å². The lowest BCUT2D eigenvalue weighted by molar-refractivity contribution is -0.166. The number of rotatable bonds is 4. The van der Waals surface area contributed by atoms with E-state index in [2.05, 4.69) is 23.3 Å². The minimum Gasteiger partial charge on any atom is -0.458 e. The molecule has 8 heteroatoms. The van der Waals surface area contributed by atoms with Crippen LogP contribution >= 0.6 is 12.6 Å². The van der Waals surface area contributed by atoms with E-state index in [9.17, 15) is 14.4 Å². The highest BCUT2D eigenvalue weighted by Gasteiger charge is 2.37. The molecule has 0 aromatic heterocycles. The lowest BCUT2D eigenvalue weighted by atomic mass is 10.1. The zero-order chi connectivity index (χ0) is 16.9. The van der Waals surface area contributed by atoms with E-state index in [0.717, 1.165) is 0 Å². The van der Waals surface area contributed by atoms with Crippen molar-refractivity contribution in [1.82, 2.24) is 15.5 Å². The molecule has 1 aliphatic heterocycles. The molecule has 1 saturated heterocycles. The van der Waals surface area contributed by atoms with Gasteiger partial charge in [-0.15, -0.1) is 0 Å². The SMILES string of the molecule is CC(=O)N[C@@H](CS)C(=O)N1CCNC[C@@H]1C(=O)OC(C)(C)C. The minimum absolute atomic E-state index is 0.170. The van der Waals surface area contributed by atoms with Gasteiger partial charge in [-0.3, -0.25) is 9.59 Å². The van der Waals surface area contributed by atoms with Crippen LogP contribution in [0.3, 0.4) is 0 Å². The van der Waals surface area contributed by atoms with Crippen molar-refractivity contribution in [2.24, 2.45) is 0 Å². The molecule has 1 heterocycles. The molecule has 126 valence electrons. The fourth-order valence-corrected chi connectivity index (χ4v) is 2.43. The minimum atomic E-state index is -0.746. The van der Waals surface area contributed by atoms with Crippen LogP contribution < -0.4 is 10.6 Å². The van der Waals surface area contributed by atoms with Gasteiger partial charge in [-0.05, 0) is 20.8 Å². The van der Waals surface area contributed by atoms with Crippen LogP contribution in [0.15, 0.2) is 0 Å². The molecule has 1 rings (SSSR count). The van der Waals surface area contributed by atoms with Crippen molar-refractivity contribution in [2.45, 2.75) is 45.4 Å². The number of hydrogen-bond acceptors (Lipinski definition) is 6. The number of nitrogens with one attached hydrogen (secondary N) is 2. The van der Waals surface area contributed by atoms with Gasteiger partial charge in [0.15, 0.2) is 0 Å². The largest absolute Gasteiger partial charge is 0.458 e. The standard InChI is InChI=1S/C14H25N3O4S/c1-9(18)16-10(8-22)12(19)17-6-5-15-7-11(17)13(20)21-14(2,3)4/h10-11,15,22H,5-8H2,1-4H3,(H,16,18)/t10-,11+/m0/s1. The van der Waals surface area contributed by atoms with Gasteiger partial charge in [0.2, 0.25) is 11.8 Å². The van der Waals surface area contributed by atoms with Crippen LogP contribution in [-0.4, -0.2) is 65.8 Å². The number of ether oxygens (including phenoxy) is 1. The van der Waals surface area contributed by atoms with Gasteiger partial charge >= 0.3 is 5.97 Å². The molecular formula is C14H25N3O4S. The van der Waals surface area contributed by atoms with Crippen LogP contribution in [-0.2, 0) is 19.1 Å². The highest BCUT2D eigenvalue weighted by Crippen LogP contribution is 2.14. The smallest absolute Gasteiger partial charge is 0.330 e. The van der Waals surface area contributed by atoms with E-state index < -0.39 is 23.7 Å². The molecule has 7 nitrogen and oxygen atoms in total. The van der Waals surface area contributed by atoms with Gasteiger partial charge in [0.1, 0.15) is 17.7 Å². The van der Waals surface area contributed by atoms with E-state index in [1.165, 1.54) is 11.8 Å². The molecule has 2 N–H and O–H groups in total. The summed E-state index contributed by atoms with van der Waals surface area (Å²) in [6.45, 7) is 7.98. The van der Waals surface area contributed by atoms with Gasteiger partial charge in [-0.1, -0.05) is 0 Å². The van der Waals surface area contributed by atoms with Crippen LogP contribution in [0.25, 0.3) is 0 Å². The fourth-order valence-electron chi connectivity index (χ4n) is 2.18. The van der Waals surface area contributed by atoms with E-state index in [1.807, 2.05) is 0 Å². The van der Waals surface area contributed by atoms with Gasteiger partial charge in [-0.2, -0.15) is 12.6 Å². The summed E-state index contributed by atoms with van der Waals surface area (Å²) in [5.74, 6) is -0.906. The average molecular weight is 331 g/mol. The Kier molecular flexibility index (Phi) is 6.67. The van der Waals surface area contributed by atoms with Crippen LogP contribution in [0.5, 0.6) is 0 Å². The van der Waals surface area contributed by atoms with E-state index in [1.54, 1.807) is 20.8 Å². The van der Waals surface area contributed by atoms with E-state index in [0.29, 0.717) is 19.6 Å². The molecule has 0 aromatic rings. The molecule has 0 spiro atoms. The zero-order valence-corrected chi connectivity index (χ0v) is 14.4. The van der Waals surface area contributed by atoms with Gasteiger partial charge in [0.05, 0.1) is 0 Å². The summed E-state index contributed by atoms with van der Waals surface area (Å²) in [4.78, 5) is 37.5. The highest BCUT2D eigenvalue weighted by atomic mass is 32.1. The van der Waals surface area contributed by atoms with Crippen molar-refractivity contribution in [3.05, 3.63) is 0 Å². The summed E-state index contributed by atoms with van der Waals surface area (Å²) in [6.07, 6.45) is 0. The number of thiol groups is 1. The third-order valence-corrected chi connectivity index (χ3v) is 3.43. The van der Waals surface area contributed by atoms with Gasteiger partial charge in [0, 0.05) is 32.3 Å². The number of carbonyl (C=O) groups is 3. The Hall–Kier alpha value is -1.28. The molecule has 0 aliphatic carbocycles. The monoisotopic (exact) mass is 331 g/mol. The first-order valence-electron chi connectivity index (χ1n) is 7.27. The Balaban J connectivity index is 2.85. The summed E-state index contributed by atoms with van der Waals surface area (Å²) in [7, 11) is 0. The van der Waals surface area contributed by atoms with Crippen LogP contribution in [0.2, 0.25) is 0 Å². The van der Waals surface area contributed by atoms with E-state index >= 15 is 0 Å². The third-order valence-electron chi connectivity index (χ3n) is 3.06. The van der Waals surface area contributed by atoms with Crippen LogP contribution in [0.1, 0.15) is 27.7 Å². The van der Waals surface area contributed by atoms with Crippen molar-refractivity contribution in [1.29, 1.82) is 0 Å². The van der Waals surface area contributed by atoms with Crippen LogP contribution in [0, 0.1) is 0 Å². The van der Waals surface area contributed by atoms with Crippen molar-refractivity contribution in [3.63, 3.8) is 0 Å². The van der Waals surface area contributed by atoms with Crippen molar-refractivity contribution in [3.8, 4) is 0 Å². The Labute approximate surface area is 136 Å². The first-order valence-corrected chi connectivity index (χ1v) is 7.91.